The molecule has 88 valence electrons. The number of ether oxygens (including phenoxy) is 2. The van der Waals surface area contributed by atoms with Gasteiger partial charge in [-0.15, -0.1) is 0 Å². The number of hydrogen-bond donors (Lipinski definition) is 0. The van der Waals surface area contributed by atoms with Gasteiger partial charge in [0.15, 0.2) is 6.61 Å². The molecule has 0 aliphatic rings. The summed E-state index contributed by atoms with van der Waals surface area (Å²) in [5.74, 6) is 0.262. The smallest absolute Gasteiger partial charge is 0.343 e. The predicted octanol–water partition coefficient (Wildman–Crippen LogP) is 3.15. The molecule has 2 rings (SSSR count). The van der Waals surface area contributed by atoms with Crippen LogP contribution >= 0.6 is 15.9 Å². The fourth-order valence-electron chi connectivity index (χ4n) is 1.55. The van der Waals surface area contributed by atoms with Crippen LogP contribution in [0.2, 0.25) is 0 Å². The molecule has 4 heteroatoms. The molecule has 0 spiro atoms. The van der Waals surface area contributed by atoms with Crippen molar-refractivity contribution in [2.75, 3.05) is 13.7 Å². The highest BCUT2D eigenvalue weighted by Gasteiger charge is 2.09. The van der Waals surface area contributed by atoms with Crippen LogP contribution in [-0.4, -0.2) is 19.7 Å². The summed E-state index contributed by atoms with van der Waals surface area (Å²) in [6.45, 7) is -0.0941. The molecule has 2 aromatic rings. The number of methoxy groups -OCH3 is 1. The first-order valence-corrected chi connectivity index (χ1v) is 5.88. The third kappa shape index (κ3) is 2.58. The highest BCUT2D eigenvalue weighted by atomic mass is 79.9. The van der Waals surface area contributed by atoms with E-state index < -0.39 is 5.97 Å². The molecule has 17 heavy (non-hydrogen) atoms. The summed E-state index contributed by atoms with van der Waals surface area (Å²) in [7, 11) is 1.34. The molecular weight excluding hydrogens is 284 g/mol. The van der Waals surface area contributed by atoms with E-state index in [4.69, 9.17) is 4.74 Å². The summed E-state index contributed by atoms with van der Waals surface area (Å²) >= 11 is 3.41. The molecular formula is C13H11BrO3. The van der Waals surface area contributed by atoms with Gasteiger partial charge in [-0.05, 0) is 27.4 Å². The van der Waals surface area contributed by atoms with Crippen LogP contribution in [0.25, 0.3) is 10.8 Å². The molecule has 3 nitrogen and oxygen atoms in total. The third-order valence-corrected chi connectivity index (χ3v) is 3.02. The molecule has 0 saturated heterocycles. The van der Waals surface area contributed by atoms with Gasteiger partial charge in [-0.2, -0.15) is 0 Å². The Kier molecular flexibility index (Phi) is 3.64. The van der Waals surface area contributed by atoms with Crippen molar-refractivity contribution in [1.82, 2.24) is 0 Å². The maximum atomic E-state index is 11.1. The average molecular weight is 295 g/mol. The zero-order valence-electron chi connectivity index (χ0n) is 9.27. The normalized spacial score (nSPS) is 10.2. The van der Waals surface area contributed by atoms with E-state index in [1.807, 2.05) is 36.4 Å². The summed E-state index contributed by atoms with van der Waals surface area (Å²) < 4.78 is 10.8. The molecule has 0 N–H and O–H groups in total. The third-order valence-electron chi connectivity index (χ3n) is 2.39. The van der Waals surface area contributed by atoms with Crippen LogP contribution < -0.4 is 4.74 Å². The largest absolute Gasteiger partial charge is 0.480 e. The van der Waals surface area contributed by atoms with Crippen molar-refractivity contribution in [2.24, 2.45) is 0 Å². The van der Waals surface area contributed by atoms with E-state index in [0.29, 0.717) is 5.75 Å². The van der Waals surface area contributed by atoms with E-state index in [9.17, 15) is 4.79 Å². The second-order valence-corrected chi connectivity index (χ2v) is 4.32. The standard InChI is InChI=1S/C13H11BrO3/c1-16-12(15)8-17-13-10-5-3-2-4-9(10)6-7-11(13)14/h2-7H,8H2,1H3. The SMILES string of the molecule is COC(=O)COc1c(Br)ccc2ccccc12. The Labute approximate surface area is 107 Å². The molecule has 0 heterocycles. The van der Waals surface area contributed by atoms with Crippen molar-refractivity contribution in [2.45, 2.75) is 0 Å². The average Bonchev–Trinajstić information content (AvgIpc) is 2.37. The van der Waals surface area contributed by atoms with Crippen LogP contribution in [0.3, 0.4) is 0 Å². The number of carbonyl (C=O) groups excluding carboxylic acids is 1. The summed E-state index contributed by atoms with van der Waals surface area (Å²) in [6.07, 6.45) is 0. The Morgan fingerprint density at radius 3 is 2.76 bits per heavy atom. The molecule has 0 aliphatic carbocycles. The van der Waals surface area contributed by atoms with E-state index in [1.54, 1.807) is 0 Å². The number of carbonyl (C=O) groups is 1. The van der Waals surface area contributed by atoms with Gasteiger partial charge in [-0.1, -0.05) is 30.3 Å². The second kappa shape index (κ2) is 5.19. The summed E-state index contributed by atoms with van der Waals surface area (Å²) in [5.41, 5.74) is 0. The minimum Gasteiger partial charge on any atom is -0.480 e. The number of benzene rings is 2. The topological polar surface area (TPSA) is 35.5 Å². The zero-order chi connectivity index (χ0) is 12.3. The summed E-state index contributed by atoms with van der Waals surface area (Å²) in [4.78, 5) is 11.1. The highest BCUT2D eigenvalue weighted by Crippen LogP contribution is 2.33. The fraction of sp³-hybridized carbons (Fsp3) is 0.154. The first-order chi connectivity index (χ1) is 8.22. The van der Waals surface area contributed by atoms with Crippen molar-refractivity contribution >= 4 is 32.7 Å². The van der Waals surface area contributed by atoms with Gasteiger partial charge in [0, 0.05) is 5.39 Å². The number of halogens is 1. The van der Waals surface area contributed by atoms with Gasteiger partial charge >= 0.3 is 5.97 Å². The molecule has 0 aliphatic heterocycles. The van der Waals surface area contributed by atoms with E-state index in [1.165, 1.54) is 7.11 Å². The number of fused-ring (bicyclic) bond motifs is 1. The maximum absolute atomic E-state index is 11.1. The van der Waals surface area contributed by atoms with Crippen LogP contribution in [0, 0.1) is 0 Å². The highest BCUT2D eigenvalue weighted by molar-refractivity contribution is 9.10. The van der Waals surface area contributed by atoms with Crippen molar-refractivity contribution in [3.63, 3.8) is 0 Å². The first-order valence-electron chi connectivity index (χ1n) is 5.09. The van der Waals surface area contributed by atoms with Crippen molar-refractivity contribution in [3.8, 4) is 5.75 Å². The predicted molar refractivity (Wildman–Crippen MR) is 69.2 cm³/mol. The Morgan fingerprint density at radius 2 is 2.00 bits per heavy atom. The van der Waals surface area contributed by atoms with Crippen molar-refractivity contribution in [1.29, 1.82) is 0 Å². The van der Waals surface area contributed by atoms with Gasteiger partial charge in [0.1, 0.15) is 5.75 Å². The second-order valence-electron chi connectivity index (χ2n) is 3.46. The van der Waals surface area contributed by atoms with Crippen LogP contribution in [0.4, 0.5) is 0 Å². The number of rotatable bonds is 3. The minimum atomic E-state index is -0.398. The summed E-state index contributed by atoms with van der Waals surface area (Å²) in [6, 6.07) is 11.7. The lowest BCUT2D eigenvalue weighted by Crippen LogP contribution is -2.12. The Hall–Kier alpha value is -1.55. The summed E-state index contributed by atoms with van der Waals surface area (Å²) in [5, 5.41) is 2.03. The van der Waals surface area contributed by atoms with Crippen molar-refractivity contribution < 1.29 is 14.3 Å². The molecule has 0 fully saturated rings. The van der Waals surface area contributed by atoms with Crippen LogP contribution in [0.1, 0.15) is 0 Å². The Morgan fingerprint density at radius 1 is 1.24 bits per heavy atom. The lowest BCUT2D eigenvalue weighted by atomic mass is 10.1. The molecule has 2 aromatic carbocycles. The van der Waals surface area contributed by atoms with Gasteiger partial charge in [-0.3, -0.25) is 0 Å². The zero-order valence-corrected chi connectivity index (χ0v) is 10.9. The fourth-order valence-corrected chi connectivity index (χ4v) is 2.01. The van der Waals surface area contributed by atoms with Gasteiger partial charge in [0.25, 0.3) is 0 Å². The number of hydrogen-bond acceptors (Lipinski definition) is 3. The maximum Gasteiger partial charge on any atom is 0.343 e. The van der Waals surface area contributed by atoms with E-state index in [2.05, 4.69) is 20.7 Å². The van der Waals surface area contributed by atoms with E-state index >= 15 is 0 Å². The van der Waals surface area contributed by atoms with Gasteiger partial charge in [0.05, 0.1) is 11.6 Å². The molecule has 0 radical (unpaired) electrons. The minimum absolute atomic E-state index is 0.0941. The van der Waals surface area contributed by atoms with Crippen LogP contribution in [0.15, 0.2) is 40.9 Å². The van der Waals surface area contributed by atoms with Gasteiger partial charge in [-0.25, -0.2) is 4.79 Å². The van der Waals surface area contributed by atoms with Gasteiger partial charge < -0.3 is 9.47 Å². The lowest BCUT2D eigenvalue weighted by Gasteiger charge is -2.10. The molecule has 0 bridgehead atoms. The molecule has 0 aromatic heterocycles. The molecule has 0 unspecified atom stereocenters. The Bertz CT molecular complexity index is 551. The van der Waals surface area contributed by atoms with Gasteiger partial charge in [0.2, 0.25) is 0 Å². The number of esters is 1. The van der Waals surface area contributed by atoms with Crippen LogP contribution in [-0.2, 0) is 9.53 Å². The molecule has 0 saturated carbocycles. The lowest BCUT2D eigenvalue weighted by molar-refractivity contribution is -0.142. The van der Waals surface area contributed by atoms with E-state index in [0.717, 1.165) is 15.2 Å². The molecule has 0 atom stereocenters. The van der Waals surface area contributed by atoms with Crippen molar-refractivity contribution in [3.05, 3.63) is 40.9 Å². The van der Waals surface area contributed by atoms with Crippen LogP contribution in [0.5, 0.6) is 5.75 Å². The van der Waals surface area contributed by atoms with E-state index in [-0.39, 0.29) is 6.61 Å². The quantitative estimate of drug-likeness (QED) is 0.816. The molecule has 0 amide bonds. The monoisotopic (exact) mass is 294 g/mol. The Balaban J connectivity index is 2.37. The first kappa shape index (κ1) is 11.9.